The van der Waals surface area contributed by atoms with E-state index >= 15 is 0 Å². The number of anilines is 1. The third-order valence-corrected chi connectivity index (χ3v) is 6.21. The predicted octanol–water partition coefficient (Wildman–Crippen LogP) is 1.44. The number of benzene rings is 2. The highest BCUT2D eigenvalue weighted by atomic mass is 32.2. The number of thiocarbonyl (C=S) groups is 1. The van der Waals surface area contributed by atoms with E-state index in [1.165, 1.54) is 40.9 Å². The van der Waals surface area contributed by atoms with Crippen LogP contribution < -0.4 is 10.7 Å². The number of phenolic OH excluding ortho intramolecular Hbond substituents is 2. The summed E-state index contributed by atoms with van der Waals surface area (Å²) in [5, 5.41) is 25.9. The molecule has 1 aliphatic rings. The standard InChI is InChI=1S/C18H20N4O5S2/c23-15-4-1-13(17(24)11-15)12-19-21-18(28)20-14-2-5-16(6-3-14)29(25,26)22-7-9-27-10-8-22/h1-6,11-12,23-24H,7-10H2,(H2,20,21,28)/b19-12+. The Morgan fingerprint density at radius 3 is 2.48 bits per heavy atom. The molecule has 0 radical (unpaired) electrons. The van der Waals surface area contributed by atoms with Crippen LogP contribution in [0.15, 0.2) is 52.5 Å². The zero-order valence-electron chi connectivity index (χ0n) is 15.3. The number of nitrogens with one attached hydrogen (secondary N) is 2. The van der Waals surface area contributed by atoms with Gasteiger partial charge in [-0.2, -0.15) is 9.41 Å². The monoisotopic (exact) mass is 436 g/mol. The largest absolute Gasteiger partial charge is 0.508 e. The van der Waals surface area contributed by atoms with E-state index < -0.39 is 10.0 Å². The van der Waals surface area contributed by atoms with Crippen molar-refractivity contribution in [2.45, 2.75) is 4.90 Å². The summed E-state index contributed by atoms with van der Waals surface area (Å²) in [7, 11) is -3.55. The number of rotatable bonds is 5. The molecular weight excluding hydrogens is 416 g/mol. The fourth-order valence-corrected chi connectivity index (χ4v) is 4.19. The Morgan fingerprint density at radius 2 is 1.83 bits per heavy atom. The summed E-state index contributed by atoms with van der Waals surface area (Å²) >= 11 is 5.13. The molecule has 2 aromatic rings. The van der Waals surface area contributed by atoms with Crippen LogP contribution in [-0.4, -0.2) is 60.6 Å². The first-order chi connectivity index (χ1) is 13.9. The topological polar surface area (TPSA) is 123 Å². The van der Waals surface area contributed by atoms with E-state index in [4.69, 9.17) is 17.0 Å². The lowest BCUT2D eigenvalue weighted by molar-refractivity contribution is 0.0730. The summed E-state index contributed by atoms with van der Waals surface area (Å²) < 4.78 is 31.8. The fraction of sp³-hybridized carbons (Fsp3) is 0.222. The molecular formula is C18H20N4O5S2. The van der Waals surface area contributed by atoms with Gasteiger partial charge in [-0.05, 0) is 48.6 Å². The van der Waals surface area contributed by atoms with Crippen molar-refractivity contribution in [3.8, 4) is 11.5 Å². The molecule has 154 valence electrons. The Balaban J connectivity index is 1.57. The molecule has 0 amide bonds. The van der Waals surface area contributed by atoms with Gasteiger partial charge >= 0.3 is 0 Å². The molecule has 0 spiro atoms. The van der Waals surface area contributed by atoms with Gasteiger partial charge in [-0.3, -0.25) is 5.43 Å². The smallest absolute Gasteiger partial charge is 0.243 e. The highest BCUT2D eigenvalue weighted by molar-refractivity contribution is 7.89. The zero-order valence-corrected chi connectivity index (χ0v) is 16.9. The first kappa shape index (κ1) is 21.0. The molecule has 1 heterocycles. The second kappa shape index (κ2) is 9.18. The number of hydrogen-bond donors (Lipinski definition) is 4. The molecule has 9 nitrogen and oxygen atoms in total. The minimum atomic E-state index is -3.55. The summed E-state index contributed by atoms with van der Waals surface area (Å²) in [6, 6.07) is 10.4. The lowest BCUT2D eigenvalue weighted by atomic mass is 10.2. The fourth-order valence-electron chi connectivity index (χ4n) is 2.61. The molecule has 1 aliphatic heterocycles. The van der Waals surface area contributed by atoms with Crippen molar-refractivity contribution >= 4 is 39.3 Å². The summed E-state index contributed by atoms with van der Waals surface area (Å²) in [6.45, 7) is 1.46. The molecule has 2 aromatic carbocycles. The van der Waals surface area contributed by atoms with Crippen molar-refractivity contribution in [3.05, 3.63) is 48.0 Å². The maximum absolute atomic E-state index is 12.6. The van der Waals surface area contributed by atoms with Crippen molar-refractivity contribution in [2.24, 2.45) is 5.10 Å². The lowest BCUT2D eigenvalue weighted by Crippen LogP contribution is -2.40. The van der Waals surface area contributed by atoms with Gasteiger partial charge in [-0.25, -0.2) is 8.42 Å². The second-order valence-corrected chi connectivity index (χ2v) is 8.45. The number of phenols is 2. The molecule has 0 unspecified atom stereocenters. The van der Waals surface area contributed by atoms with Crippen LogP contribution in [-0.2, 0) is 14.8 Å². The molecule has 0 aromatic heterocycles. The van der Waals surface area contributed by atoms with E-state index in [1.54, 1.807) is 12.1 Å². The maximum atomic E-state index is 12.6. The molecule has 11 heteroatoms. The van der Waals surface area contributed by atoms with Gasteiger partial charge in [0.25, 0.3) is 0 Å². The Hall–Kier alpha value is -2.73. The summed E-state index contributed by atoms with van der Waals surface area (Å²) in [5.74, 6) is -0.171. The quantitative estimate of drug-likeness (QED) is 0.315. The molecule has 1 saturated heterocycles. The molecule has 4 N–H and O–H groups in total. The summed E-state index contributed by atoms with van der Waals surface area (Å²) in [5.41, 5.74) is 3.58. The first-order valence-electron chi connectivity index (χ1n) is 8.66. The van der Waals surface area contributed by atoms with Gasteiger partial charge in [-0.15, -0.1) is 0 Å². The highest BCUT2D eigenvalue weighted by Crippen LogP contribution is 2.21. The van der Waals surface area contributed by atoms with Crippen LogP contribution in [0.5, 0.6) is 11.5 Å². The van der Waals surface area contributed by atoms with Crippen molar-refractivity contribution in [1.82, 2.24) is 9.73 Å². The number of nitrogens with zero attached hydrogens (tertiary/aromatic N) is 2. The van der Waals surface area contributed by atoms with Crippen LogP contribution in [0.3, 0.4) is 0 Å². The Kier molecular flexibility index (Phi) is 6.64. The van der Waals surface area contributed by atoms with E-state index in [9.17, 15) is 18.6 Å². The Labute approximate surface area is 173 Å². The van der Waals surface area contributed by atoms with Crippen LogP contribution >= 0.6 is 12.2 Å². The molecule has 1 fully saturated rings. The van der Waals surface area contributed by atoms with E-state index in [1.807, 2.05) is 0 Å². The van der Waals surface area contributed by atoms with Gasteiger partial charge in [0.1, 0.15) is 11.5 Å². The SMILES string of the molecule is O=S(=O)(c1ccc(NC(=S)N/N=C/c2ccc(O)cc2O)cc1)N1CCOCC1. The van der Waals surface area contributed by atoms with E-state index in [0.29, 0.717) is 37.6 Å². The van der Waals surface area contributed by atoms with Crippen LogP contribution in [0, 0.1) is 0 Å². The summed E-state index contributed by atoms with van der Waals surface area (Å²) in [6.07, 6.45) is 1.35. The maximum Gasteiger partial charge on any atom is 0.243 e. The van der Waals surface area contributed by atoms with Gasteiger partial charge in [0.05, 0.1) is 24.3 Å². The Morgan fingerprint density at radius 1 is 1.14 bits per heavy atom. The predicted molar refractivity (Wildman–Crippen MR) is 113 cm³/mol. The molecule has 0 bridgehead atoms. The van der Waals surface area contributed by atoms with E-state index in [-0.39, 0.29) is 21.5 Å². The van der Waals surface area contributed by atoms with Crippen molar-refractivity contribution in [3.63, 3.8) is 0 Å². The van der Waals surface area contributed by atoms with Crippen molar-refractivity contribution in [1.29, 1.82) is 0 Å². The molecule has 0 saturated carbocycles. The van der Waals surface area contributed by atoms with Gasteiger partial charge in [0, 0.05) is 30.4 Å². The average Bonchev–Trinajstić information content (AvgIpc) is 2.71. The van der Waals surface area contributed by atoms with Crippen LogP contribution in [0.25, 0.3) is 0 Å². The van der Waals surface area contributed by atoms with Gasteiger partial charge < -0.3 is 20.3 Å². The number of hydrogen-bond acceptors (Lipinski definition) is 7. The second-order valence-electron chi connectivity index (χ2n) is 6.11. The highest BCUT2D eigenvalue weighted by Gasteiger charge is 2.26. The lowest BCUT2D eigenvalue weighted by Gasteiger charge is -2.26. The van der Waals surface area contributed by atoms with Crippen molar-refractivity contribution < 1.29 is 23.4 Å². The number of morpholine rings is 1. The summed E-state index contributed by atoms with van der Waals surface area (Å²) in [4.78, 5) is 0.199. The van der Waals surface area contributed by atoms with Crippen LogP contribution in [0.4, 0.5) is 5.69 Å². The van der Waals surface area contributed by atoms with Crippen molar-refractivity contribution in [2.75, 3.05) is 31.6 Å². The third-order valence-electron chi connectivity index (χ3n) is 4.10. The zero-order chi connectivity index (χ0) is 20.9. The first-order valence-corrected chi connectivity index (χ1v) is 10.5. The number of ether oxygens (including phenoxy) is 1. The normalized spacial score (nSPS) is 15.3. The minimum absolute atomic E-state index is 0.0520. The van der Waals surface area contributed by atoms with Gasteiger partial charge in [-0.1, -0.05) is 0 Å². The molecule has 0 atom stereocenters. The molecule has 0 aliphatic carbocycles. The average molecular weight is 437 g/mol. The van der Waals surface area contributed by atoms with Gasteiger partial charge in [0.15, 0.2) is 5.11 Å². The third kappa shape index (κ3) is 5.41. The Bertz CT molecular complexity index is 1000. The van der Waals surface area contributed by atoms with Gasteiger partial charge in [0.2, 0.25) is 10.0 Å². The van der Waals surface area contributed by atoms with Crippen LogP contribution in [0.2, 0.25) is 0 Å². The molecule has 3 rings (SSSR count). The van der Waals surface area contributed by atoms with E-state index in [0.717, 1.165) is 0 Å². The number of sulfonamides is 1. The van der Waals surface area contributed by atoms with E-state index in [2.05, 4.69) is 15.8 Å². The number of aromatic hydroxyl groups is 2. The number of hydrazone groups is 1. The molecule has 29 heavy (non-hydrogen) atoms. The minimum Gasteiger partial charge on any atom is -0.508 e. The van der Waals surface area contributed by atoms with Crippen LogP contribution in [0.1, 0.15) is 5.56 Å².